The average molecular weight is 278 g/mol. The predicted octanol–water partition coefficient (Wildman–Crippen LogP) is 4.82. The minimum absolute atomic E-state index is 0.0480. The maximum Gasteiger partial charge on any atom is 0.0919 e. The van der Waals surface area contributed by atoms with Gasteiger partial charge in [0.1, 0.15) is 0 Å². The molecule has 1 aromatic heterocycles. The van der Waals surface area contributed by atoms with Gasteiger partial charge in [0.25, 0.3) is 0 Å². The summed E-state index contributed by atoms with van der Waals surface area (Å²) in [6, 6.07) is 3.81. The van der Waals surface area contributed by atoms with Crippen LogP contribution in [0.3, 0.4) is 0 Å². The maximum absolute atomic E-state index is 9.03. The molecular formula is C17H30N2O. The lowest BCUT2D eigenvalue weighted by Gasteiger charge is -2.04. The van der Waals surface area contributed by atoms with Crippen LogP contribution in [0.15, 0.2) is 18.3 Å². The number of hydrogen-bond acceptors (Lipinski definition) is 3. The van der Waals surface area contributed by atoms with Gasteiger partial charge in [-0.05, 0) is 31.0 Å². The van der Waals surface area contributed by atoms with Gasteiger partial charge in [0.2, 0.25) is 0 Å². The Kier molecular flexibility index (Phi) is 13.1. The lowest BCUT2D eigenvalue weighted by Crippen LogP contribution is -1.93. The fourth-order valence-electron chi connectivity index (χ4n) is 1.54. The molecule has 1 aromatic carbocycles. The Labute approximate surface area is 124 Å². The zero-order valence-electron chi connectivity index (χ0n) is 14.3. The van der Waals surface area contributed by atoms with Crippen LogP contribution in [0.5, 0.6) is 0 Å². The molecule has 0 fully saturated rings. The molecule has 20 heavy (non-hydrogen) atoms. The van der Waals surface area contributed by atoms with Crippen molar-refractivity contribution in [1.29, 1.82) is 0 Å². The molecular weight excluding hydrogens is 248 g/mol. The second kappa shape index (κ2) is 12.5. The number of fused-ring (bicyclic) bond motifs is 1. The van der Waals surface area contributed by atoms with Crippen LogP contribution in [0.4, 0.5) is 0 Å². The topological polar surface area (TPSA) is 46.0 Å². The highest BCUT2D eigenvalue weighted by atomic mass is 16.3. The van der Waals surface area contributed by atoms with Crippen LogP contribution in [-0.4, -0.2) is 15.1 Å². The quantitative estimate of drug-likeness (QED) is 0.813. The molecule has 114 valence electrons. The van der Waals surface area contributed by atoms with E-state index in [0.29, 0.717) is 0 Å². The smallest absolute Gasteiger partial charge is 0.0919 e. The highest BCUT2D eigenvalue weighted by Gasteiger charge is 2.02. The van der Waals surface area contributed by atoms with Crippen molar-refractivity contribution in [3.8, 4) is 0 Å². The average Bonchev–Trinajstić information content (AvgIpc) is 2.53. The number of aryl methyl sites for hydroxylation is 2. The Balaban J connectivity index is 0. The van der Waals surface area contributed by atoms with E-state index in [1.165, 1.54) is 0 Å². The zero-order valence-corrected chi connectivity index (χ0v) is 14.3. The van der Waals surface area contributed by atoms with E-state index >= 15 is 0 Å². The molecule has 0 bridgehead atoms. The summed E-state index contributed by atoms with van der Waals surface area (Å²) in [5, 5.41) is 9.03. The van der Waals surface area contributed by atoms with Crippen molar-refractivity contribution in [1.82, 2.24) is 9.97 Å². The van der Waals surface area contributed by atoms with Gasteiger partial charge in [0, 0.05) is 6.20 Å². The number of aromatic nitrogens is 2. The van der Waals surface area contributed by atoms with Crippen LogP contribution in [0.25, 0.3) is 11.0 Å². The van der Waals surface area contributed by atoms with Crippen molar-refractivity contribution in [2.45, 2.75) is 62.0 Å². The first kappa shape index (κ1) is 20.8. The van der Waals surface area contributed by atoms with E-state index in [0.717, 1.165) is 27.9 Å². The lowest BCUT2D eigenvalue weighted by molar-refractivity contribution is 0.282. The third-order valence-electron chi connectivity index (χ3n) is 2.20. The molecule has 2 aromatic rings. The molecule has 0 saturated heterocycles. The van der Waals surface area contributed by atoms with Gasteiger partial charge < -0.3 is 5.11 Å². The van der Waals surface area contributed by atoms with Gasteiger partial charge in [0.05, 0.1) is 23.3 Å². The minimum atomic E-state index is 0.0480. The normalized spacial score (nSPS) is 8.45. The molecule has 3 nitrogen and oxygen atoms in total. The maximum atomic E-state index is 9.03. The predicted molar refractivity (Wildman–Crippen MR) is 89.0 cm³/mol. The summed E-state index contributed by atoms with van der Waals surface area (Å²) in [7, 11) is 0. The Morgan fingerprint density at radius 2 is 1.50 bits per heavy atom. The van der Waals surface area contributed by atoms with E-state index in [1.807, 2.05) is 67.5 Å². The van der Waals surface area contributed by atoms with Crippen molar-refractivity contribution in [2.75, 3.05) is 0 Å². The van der Waals surface area contributed by atoms with Gasteiger partial charge in [-0.1, -0.05) is 47.6 Å². The van der Waals surface area contributed by atoms with Crippen molar-refractivity contribution < 1.29 is 5.11 Å². The third-order valence-corrected chi connectivity index (χ3v) is 2.20. The molecule has 0 atom stereocenters. The Morgan fingerprint density at radius 1 is 0.950 bits per heavy atom. The molecule has 0 saturated carbocycles. The summed E-state index contributed by atoms with van der Waals surface area (Å²) < 4.78 is 0. The summed E-state index contributed by atoms with van der Waals surface area (Å²) in [6.45, 7) is 16.0. The van der Waals surface area contributed by atoms with E-state index in [9.17, 15) is 0 Å². The highest BCUT2D eigenvalue weighted by molar-refractivity contribution is 5.78. The molecule has 0 aliphatic rings. The fraction of sp³-hybridized carbons (Fsp3) is 0.529. The second-order valence-electron chi connectivity index (χ2n) is 3.45. The van der Waals surface area contributed by atoms with Crippen LogP contribution in [0, 0.1) is 13.8 Å². The Bertz CT molecular complexity index is 482. The summed E-state index contributed by atoms with van der Waals surface area (Å²) in [4.78, 5) is 8.68. The first-order valence-corrected chi connectivity index (χ1v) is 7.54. The molecule has 0 aliphatic heterocycles. The van der Waals surface area contributed by atoms with E-state index in [2.05, 4.69) is 9.97 Å². The molecule has 0 aliphatic carbocycles. The largest absolute Gasteiger partial charge is 0.392 e. The van der Waals surface area contributed by atoms with Gasteiger partial charge in [-0.25, -0.2) is 4.98 Å². The van der Waals surface area contributed by atoms with Crippen LogP contribution >= 0.6 is 0 Å². The number of rotatable bonds is 1. The van der Waals surface area contributed by atoms with Gasteiger partial charge in [0.15, 0.2) is 0 Å². The molecule has 0 spiro atoms. The van der Waals surface area contributed by atoms with Crippen LogP contribution in [-0.2, 0) is 6.61 Å². The number of nitrogens with zero attached hydrogens (tertiary/aromatic N) is 2. The van der Waals surface area contributed by atoms with Crippen LogP contribution in [0.2, 0.25) is 0 Å². The number of aliphatic hydroxyl groups excluding tert-OH is 1. The summed E-state index contributed by atoms with van der Waals surface area (Å²) in [5.41, 5.74) is 4.62. The van der Waals surface area contributed by atoms with Gasteiger partial charge in [-0.15, -0.1) is 0 Å². The van der Waals surface area contributed by atoms with Gasteiger partial charge >= 0.3 is 0 Å². The van der Waals surface area contributed by atoms with Crippen molar-refractivity contribution in [3.63, 3.8) is 0 Å². The number of benzene rings is 1. The van der Waals surface area contributed by atoms with Gasteiger partial charge in [-0.3, -0.25) is 4.98 Å². The van der Waals surface area contributed by atoms with Crippen molar-refractivity contribution >= 4 is 11.0 Å². The minimum Gasteiger partial charge on any atom is -0.392 e. The molecule has 1 heterocycles. The van der Waals surface area contributed by atoms with E-state index in [1.54, 1.807) is 6.20 Å². The lowest BCUT2D eigenvalue weighted by atomic mass is 10.1. The highest BCUT2D eigenvalue weighted by Crippen LogP contribution is 2.17. The third kappa shape index (κ3) is 6.11. The first-order valence-electron chi connectivity index (χ1n) is 7.54. The summed E-state index contributed by atoms with van der Waals surface area (Å²) >= 11 is 0. The van der Waals surface area contributed by atoms with Crippen molar-refractivity contribution in [2.24, 2.45) is 0 Å². The molecule has 1 N–H and O–H groups in total. The number of hydrogen-bond donors (Lipinski definition) is 1. The monoisotopic (exact) mass is 278 g/mol. The Hall–Kier alpha value is -1.48. The summed E-state index contributed by atoms with van der Waals surface area (Å²) in [5.74, 6) is 0. The van der Waals surface area contributed by atoms with Crippen molar-refractivity contribution in [3.05, 3.63) is 35.2 Å². The first-order chi connectivity index (χ1) is 9.70. The van der Waals surface area contributed by atoms with Gasteiger partial charge in [-0.2, -0.15) is 0 Å². The SMILES string of the molecule is CC.CC.CC.Cc1cnc2cc(CO)cc(C)c2n1. The van der Waals surface area contributed by atoms with Crippen LogP contribution in [0.1, 0.15) is 58.4 Å². The van der Waals surface area contributed by atoms with E-state index < -0.39 is 0 Å². The summed E-state index contributed by atoms with van der Waals surface area (Å²) in [6.07, 6.45) is 1.74. The molecule has 0 unspecified atom stereocenters. The fourth-order valence-corrected chi connectivity index (χ4v) is 1.54. The molecule has 0 radical (unpaired) electrons. The zero-order chi connectivity index (χ0) is 16.1. The van der Waals surface area contributed by atoms with E-state index in [-0.39, 0.29) is 6.61 Å². The molecule has 0 amide bonds. The molecule has 3 heteroatoms. The second-order valence-corrected chi connectivity index (χ2v) is 3.45. The number of aliphatic hydroxyl groups is 1. The molecule has 2 rings (SSSR count). The standard InChI is InChI=1S/C11H12N2O.3C2H6/c1-7-3-9(6-14)4-10-11(7)13-8(2)5-12-10;3*1-2/h3-5,14H,6H2,1-2H3;3*1-2H3. The van der Waals surface area contributed by atoms with E-state index in [4.69, 9.17) is 5.11 Å². The Morgan fingerprint density at radius 3 is 2.00 bits per heavy atom. The van der Waals surface area contributed by atoms with Crippen LogP contribution < -0.4 is 0 Å².